The molecule has 0 aromatic heterocycles. The molecule has 0 bridgehead atoms. The fourth-order valence-electron chi connectivity index (χ4n) is 3.48. The molecule has 0 unspecified atom stereocenters. The van der Waals surface area contributed by atoms with Gasteiger partial charge in [-0.05, 0) is 31.7 Å². The van der Waals surface area contributed by atoms with Crippen molar-refractivity contribution in [1.82, 2.24) is 4.90 Å². The van der Waals surface area contributed by atoms with Crippen LogP contribution in [0.2, 0.25) is 0 Å². The molecule has 3 heteroatoms. The van der Waals surface area contributed by atoms with Crippen LogP contribution in [0.4, 0.5) is 0 Å². The number of ether oxygens (including phenoxy) is 1. The van der Waals surface area contributed by atoms with Crippen LogP contribution in [-0.4, -0.2) is 36.1 Å². The van der Waals surface area contributed by atoms with Gasteiger partial charge in [0.1, 0.15) is 0 Å². The maximum atomic E-state index is 12.3. The van der Waals surface area contributed by atoms with Crippen LogP contribution in [0.5, 0.6) is 0 Å². The van der Waals surface area contributed by atoms with Gasteiger partial charge in [-0.15, -0.1) is 0 Å². The fraction of sp³-hybridized carbons (Fsp3) is 0.588. The Kier molecular flexibility index (Phi) is 4.06. The molecule has 1 amide bonds. The molecule has 3 rings (SSSR count). The zero-order valence-electron chi connectivity index (χ0n) is 12.1. The van der Waals surface area contributed by atoms with E-state index in [2.05, 4.69) is 19.1 Å². The Morgan fingerprint density at radius 1 is 1.35 bits per heavy atom. The topological polar surface area (TPSA) is 29.5 Å². The quantitative estimate of drug-likeness (QED) is 0.847. The Hall–Kier alpha value is -1.35. The molecular formula is C17H23NO2. The second-order valence-corrected chi connectivity index (χ2v) is 6.09. The Morgan fingerprint density at radius 2 is 2.15 bits per heavy atom. The zero-order chi connectivity index (χ0) is 13.9. The van der Waals surface area contributed by atoms with Gasteiger partial charge in [0.25, 0.3) is 0 Å². The fourth-order valence-corrected chi connectivity index (χ4v) is 3.48. The molecule has 3 atom stereocenters. The highest BCUT2D eigenvalue weighted by Gasteiger charge is 2.38. The summed E-state index contributed by atoms with van der Waals surface area (Å²) in [6.45, 7) is 3.89. The third-order valence-electron chi connectivity index (χ3n) is 4.53. The van der Waals surface area contributed by atoms with Gasteiger partial charge in [-0.3, -0.25) is 4.79 Å². The van der Waals surface area contributed by atoms with Gasteiger partial charge >= 0.3 is 0 Å². The van der Waals surface area contributed by atoms with Crippen molar-refractivity contribution in [3.8, 4) is 0 Å². The van der Waals surface area contributed by atoms with E-state index in [-0.39, 0.29) is 0 Å². The molecule has 0 N–H and O–H groups in total. The summed E-state index contributed by atoms with van der Waals surface area (Å²) < 4.78 is 5.88. The summed E-state index contributed by atoms with van der Waals surface area (Å²) in [5.41, 5.74) is 1.24. The van der Waals surface area contributed by atoms with Crippen molar-refractivity contribution in [3.63, 3.8) is 0 Å². The molecule has 2 aliphatic rings. The number of hydrogen-bond donors (Lipinski definition) is 0. The largest absolute Gasteiger partial charge is 0.375 e. The van der Waals surface area contributed by atoms with E-state index in [9.17, 15) is 4.79 Å². The van der Waals surface area contributed by atoms with Crippen molar-refractivity contribution in [1.29, 1.82) is 0 Å². The van der Waals surface area contributed by atoms with Crippen LogP contribution < -0.4 is 0 Å². The first-order valence-corrected chi connectivity index (χ1v) is 7.69. The van der Waals surface area contributed by atoms with E-state index in [1.165, 1.54) is 5.56 Å². The molecule has 1 aromatic rings. The Morgan fingerprint density at radius 3 is 2.95 bits per heavy atom. The van der Waals surface area contributed by atoms with Crippen LogP contribution in [0, 0.1) is 5.92 Å². The maximum absolute atomic E-state index is 12.3. The van der Waals surface area contributed by atoms with Crippen LogP contribution in [0.1, 0.15) is 31.7 Å². The lowest BCUT2D eigenvalue weighted by atomic mass is 9.93. The number of fused-ring (bicyclic) bond motifs is 1. The second kappa shape index (κ2) is 5.96. The van der Waals surface area contributed by atoms with Gasteiger partial charge in [0, 0.05) is 25.4 Å². The first-order chi connectivity index (χ1) is 9.72. The molecule has 20 heavy (non-hydrogen) atoms. The predicted molar refractivity (Wildman–Crippen MR) is 78.4 cm³/mol. The highest BCUT2D eigenvalue weighted by atomic mass is 16.5. The lowest BCUT2D eigenvalue weighted by Crippen LogP contribution is -2.44. The van der Waals surface area contributed by atoms with Crippen molar-refractivity contribution < 1.29 is 9.53 Å². The molecule has 3 nitrogen and oxygen atoms in total. The van der Waals surface area contributed by atoms with Crippen molar-refractivity contribution in [2.45, 2.75) is 44.8 Å². The third kappa shape index (κ3) is 3.04. The minimum absolute atomic E-state index is 0.298. The average Bonchev–Trinajstić information content (AvgIpc) is 2.85. The average molecular weight is 273 g/mol. The molecule has 2 heterocycles. The molecule has 0 radical (unpaired) electrons. The standard InChI is InChI=1S/C17H23NO2/c1-13-11-15-12-18(10-9-16(15)20-13)17(19)8-7-14-5-3-2-4-6-14/h2-6,13,15-16H,7-12H2,1H3/t13-,15-,16+/m1/s1. The van der Waals surface area contributed by atoms with Crippen molar-refractivity contribution in [2.24, 2.45) is 5.92 Å². The summed E-state index contributed by atoms with van der Waals surface area (Å²) in [4.78, 5) is 14.4. The highest BCUT2D eigenvalue weighted by Crippen LogP contribution is 2.32. The summed E-state index contributed by atoms with van der Waals surface area (Å²) in [5, 5.41) is 0. The van der Waals surface area contributed by atoms with Gasteiger partial charge in [-0.25, -0.2) is 0 Å². The van der Waals surface area contributed by atoms with E-state index in [1.807, 2.05) is 23.1 Å². The van der Waals surface area contributed by atoms with Crippen LogP contribution in [0.3, 0.4) is 0 Å². The molecular weight excluding hydrogens is 250 g/mol. The first kappa shape index (κ1) is 13.6. The van der Waals surface area contributed by atoms with Crippen LogP contribution in [0.25, 0.3) is 0 Å². The Balaban J connectivity index is 1.51. The number of likely N-dealkylation sites (tertiary alicyclic amines) is 1. The number of carbonyl (C=O) groups excluding carboxylic acids is 1. The van der Waals surface area contributed by atoms with E-state index in [0.717, 1.165) is 32.4 Å². The molecule has 0 saturated carbocycles. The SMILES string of the molecule is C[C@@H]1C[C@@H]2CN(C(=O)CCc3ccccc3)CC[C@@H]2O1. The molecule has 2 fully saturated rings. The Labute approximate surface area is 120 Å². The molecule has 0 spiro atoms. The van der Waals surface area contributed by atoms with Crippen LogP contribution in [-0.2, 0) is 16.0 Å². The molecule has 2 saturated heterocycles. The summed E-state index contributed by atoms with van der Waals surface area (Å²) >= 11 is 0. The van der Waals surface area contributed by atoms with E-state index in [0.29, 0.717) is 30.5 Å². The number of rotatable bonds is 3. The van der Waals surface area contributed by atoms with Gasteiger partial charge in [0.2, 0.25) is 5.91 Å². The number of amides is 1. The van der Waals surface area contributed by atoms with Gasteiger partial charge in [0.05, 0.1) is 12.2 Å². The molecule has 0 aliphatic carbocycles. The van der Waals surface area contributed by atoms with E-state index >= 15 is 0 Å². The summed E-state index contributed by atoms with van der Waals surface area (Å²) in [7, 11) is 0. The monoisotopic (exact) mass is 273 g/mol. The minimum atomic E-state index is 0.298. The van der Waals surface area contributed by atoms with E-state index in [1.54, 1.807) is 0 Å². The number of benzene rings is 1. The van der Waals surface area contributed by atoms with E-state index in [4.69, 9.17) is 4.74 Å². The first-order valence-electron chi connectivity index (χ1n) is 7.69. The van der Waals surface area contributed by atoms with Gasteiger partial charge < -0.3 is 9.64 Å². The van der Waals surface area contributed by atoms with Gasteiger partial charge in [0.15, 0.2) is 0 Å². The number of hydrogen-bond acceptors (Lipinski definition) is 2. The molecule has 108 valence electrons. The van der Waals surface area contributed by atoms with Gasteiger partial charge in [-0.1, -0.05) is 30.3 Å². The molecule has 1 aromatic carbocycles. The second-order valence-electron chi connectivity index (χ2n) is 6.09. The predicted octanol–water partition coefficient (Wildman–Crippen LogP) is 2.65. The Bertz CT molecular complexity index is 459. The van der Waals surface area contributed by atoms with Crippen molar-refractivity contribution in [2.75, 3.05) is 13.1 Å². The summed E-state index contributed by atoms with van der Waals surface area (Å²) in [6.07, 6.45) is 4.33. The van der Waals surface area contributed by atoms with E-state index < -0.39 is 0 Å². The summed E-state index contributed by atoms with van der Waals surface area (Å²) in [6, 6.07) is 10.3. The number of carbonyl (C=O) groups is 1. The highest BCUT2D eigenvalue weighted by molar-refractivity contribution is 5.76. The number of nitrogens with zero attached hydrogens (tertiary/aromatic N) is 1. The normalized spacial score (nSPS) is 29.2. The minimum Gasteiger partial charge on any atom is -0.375 e. The smallest absolute Gasteiger partial charge is 0.222 e. The molecule has 2 aliphatic heterocycles. The number of aryl methyl sites for hydroxylation is 1. The third-order valence-corrected chi connectivity index (χ3v) is 4.53. The lowest BCUT2D eigenvalue weighted by Gasteiger charge is -2.34. The van der Waals surface area contributed by atoms with Crippen LogP contribution >= 0.6 is 0 Å². The zero-order valence-corrected chi connectivity index (χ0v) is 12.1. The van der Waals surface area contributed by atoms with Gasteiger partial charge in [-0.2, -0.15) is 0 Å². The number of piperidine rings is 1. The lowest BCUT2D eigenvalue weighted by molar-refractivity contribution is -0.134. The van der Waals surface area contributed by atoms with Crippen molar-refractivity contribution in [3.05, 3.63) is 35.9 Å². The van der Waals surface area contributed by atoms with Crippen LogP contribution in [0.15, 0.2) is 30.3 Å². The summed E-state index contributed by atoms with van der Waals surface area (Å²) in [5.74, 6) is 0.853. The van der Waals surface area contributed by atoms with Crippen molar-refractivity contribution >= 4 is 5.91 Å². The maximum Gasteiger partial charge on any atom is 0.222 e.